The number of benzene rings is 1. The molecule has 1 aromatic heterocycles. The van der Waals surface area contributed by atoms with Crippen molar-refractivity contribution in [3.63, 3.8) is 0 Å². The SMILES string of the molecule is CCN(C(=O)CSc1nnc(CNc2cccc(OC)c2)n1C1CCCCC1)C1=CCCC1. The molecule has 7 nitrogen and oxygen atoms in total. The van der Waals surface area contributed by atoms with E-state index in [-0.39, 0.29) is 5.91 Å². The standard InChI is InChI=1S/C25H35N5O2S/c1-3-29(20-11-7-8-12-20)24(31)18-33-25-28-27-23(30(25)21-13-5-4-6-14-21)17-26-19-10-9-15-22(16-19)32-2/h9-11,15-16,21,26H,3-8,12-14,17-18H2,1-2H3. The van der Waals surface area contributed by atoms with E-state index in [1.165, 1.54) is 36.7 Å². The molecule has 33 heavy (non-hydrogen) atoms. The molecule has 0 spiro atoms. The van der Waals surface area contributed by atoms with Gasteiger partial charge in [0.15, 0.2) is 11.0 Å². The molecular weight excluding hydrogens is 434 g/mol. The number of allylic oxidation sites excluding steroid dienone is 2. The number of rotatable bonds is 10. The Bertz CT molecular complexity index is 967. The van der Waals surface area contributed by atoms with Gasteiger partial charge >= 0.3 is 0 Å². The van der Waals surface area contributed by atoms with E-state index < -0.39 is 0 Å². The minimum Gasteiger partial charge on any atom is -0.497 e. The predicted molar refractivity (Wildman–Crippen MR) is 133 cm³/mol. The van der Waals surface area contributed by atoms with Crippen molar-refractivity contribution in [1.82, 2.24) is 19.7 Å². The Kier molecular flexibility index (Phi) is 8.31. The first-order valence-electron chi connectivity index (χ1n) is 12.1. The summed E-state index contributed by atoms with van der Waals surface area (Å²) in [5.74, 6) is 2.29. The average molecular weight is 470 g/mol. The first kappa shape index (κ1) is 23.7. The molecule has 2 aliphatic rings. The van der Waals surface area contributed by atoms with Crippen molar-refractivity contribution in [3.8, 4) is 5.75 Å². The Labute approximate surface area is 201 Å². The number of hydrogen-bond acceptors (Lipinski definition) is 6. The van der Waals surface area contributed by atoms with Gasteiger partial charge in [-0.05, 0) is 51.2 Å². The van der Waals surface area contributed by atoms with Crippen molar-refractivity contribution in [2.45, 2.75) is 76.0 Å². The molecule has 0 unspecified atom stereocenters. The van der Waals surface area contributed by atoms with Crippen molar-refractivity contribution >= 4 is 23.4 Å². The highest BCUT2D eigenvalue weighted by molar-refractivity contribution is 7.99. The van der Waals surface area contributed by atoms with Crippen LogP contribution in [0.2, 0.25) is 0 Å². The molecule has 0 atom stereocenters. The monoisotopic (exact) mass is 469 g/mol. The van der Waals surface area contributed by atoms with Gasteiger partial charge in [-0.1, -0.05) is 43.2 Å². The molecule has 2 aliphatic carbocycles. The van der Waals surface area contributed by atoms with Crippen LogP contribution < -0.4 is 10.1 Å². The molecule has 1 heterocycles. The van der Waals surface area contributed by atoms with Crippen molar-refractivity contribution in [2.75, 3.05) is 24.7 Å². The highest BCUT2D eigenvalue weighted by Gasteiger charge is 2.25. The Hall–Kier alpha value is -2.48. The topological polar surface area (TPSA) is 72.3 Å². The summed E-state index contributed by atoms with van der Waals surface area (Å²) in [6.07, 6.45) is 11.5. The van der Waals surface area contributed by atoms with Gasteiger partial charge in [0.1, 0.15) is 5.75 Å². The van der Waals surface area contributed by atoms with Crippen LogP contribution in [0.15, 0.2) is 41.2 Å². The Morgan fingerprint density at radius 3 is 2.82 bits per heavy atom. The molecule has 0 aliphatic heterocycles. The number of carbonyl (C=O) groups excluding carboxylic acids is 1. The van der Waals surface area contributed by atoms with E-state index in [0.29, 0.717) is 18.3 Å². The van der Waals surface area contributed by atoms with Gasteiger partial charge in [-0.2, -0.15) is 0 Å². The third-order valence-electron chi connectivity index (χ3n) is 6.50. The van der Waals surface area contributed by atoms with E-state index in [1.807, 2.05) is 29.2 Å². The predicted octanol–water partition coefficient (Wildman–Crippen LogP) is 5.41. The summed E-state index contributed by atoms with van der Waals surface area (Å²) in [6, 6.07) is 8.30. The summed E-state index contributed by atoms with van der Waals surface area (Å²) in [6.45, 7) is 3.35. The molecule has 0 bridgehead atoms. The fraction of sp³-hybridized carbons (Fsp3) is 0.560. The smallest absolute Gasteiger partial charge is 0.237 e. The Morgan fingerprint density at radius 1 is 1.24 bits per heavy atom. The summed E-state index contributed by atoms with van der Waals surface area (Å²) in [4.78, 5) is 14.9. The fourth-order valence-corrected chi connectivity index (χ4v) is 5.69. The minimum absolute atomic E-state index is 0.157. The molecule has 1 N–H and O–H groups in total. The highest BCUT2D eigenvalue weighted by atomic mass is 32.2. The Balaban J connectivity index is 1.47. The molecule has 0 saturated heterocycles. The maximum atomic E-state index is 13.0. The van der Waals surface area contributed by atoms with Crippen LogP contribution in [0, 0.1) is 0 Å². The zero-order valence-corrected chi connectivity index (χ0v) is 20.6. The number of methoxy groups -OCH3 is 1. The van der Waals surface area contributed by atoms with Gasteiger partial charge in [0, 0.05) is 30.0 Å². The molecular formula is C25H35N5O2S. The zero-order chi connectivity index (χ0) is 23.0. The zero-order valence-electron chi connectivity index (χ0n) is 19.8. The van der Waals surface area contributed by atoms with Crippen molar-refractivity contribution in [1.29, 1.82) is 0 Å². The molecule has 2 aromatic rings. The first-order chi connectivity index (χ1) is 16.2. The Morgan fingerprint density at radius 2 is 2.09 bits per heavy atom. The van der Waals surface area contributed by atoms with Crippen LogP contribution in [0.5, 0.6) is 5.75 Å². The summed E-state index contributed by atoms with van der Waals surface area (Å²) >= 11 is 1.52. The van der Waals surface area contributed by atoms with Gasteiger partial charge in [-0.3, -0.25) is 4.79 Å². The van der Waals surface area contributed by atoms with Crippen LogP contribution in [0.25, 0.3) is 0 Å². The molecule has 1 fully saturated rings. The van der Waals surface area contributed by atoms with Gasteiger partial charge in [0.2, 0.25) is 5.91 Å². The van der Waals surface area contributed by atoms with Crippen LogP contribution in [0.1, 0.15) is 70.2 Å². The number of nitrogens with zero attached hydrogens (tertiary/aromatic N) is 4. The number of nitrogens with one attached hydrogen (secondary N) is 1. The van der Waals surface area contributed by atoms with Gasteiger partial charge in [-0.25, -0.2) is 0 Å². The number of carbonyl (C=O) groups is 1. The van der Waals surface area contributed by atoms with E-state index in [2.05, 4.69) is 33.1 Å². The lowest BCUT2D eigenvalue weighted by atomic mass is 9.95. The van der Waals surface area contributed by atoms with E-state index in [1.54, 1.807) is 7.11 Å². The number of anilines is 1. The number of thioether (sulfide) groups is 1. The second-order valence-corrected chi connectivity index (χ2v) is 9.60. The molecule has 1 aromatic carbocycles. The van der Waals surface area contributed by atoms with Crippen LogP contribution in [0.3, 0.4) is 0 Å². The van der Waals surface area contributed by atoms with E-state index in [9.17, 15) is 4.79 Å². The largest absolute Gasteiger partial charge is 0.497 e. The molecule has 1 amide bonds. The van der Waals surface area contributed by atoms with Crippen LogP contribution in [-0.4, -0.2) is 45.0 Å². The molecule has 4 rings (SSSR count). The number of aromatic nitrogens is 3. The van der Waals surface area contributed by atoms with Gasteiger partial charge < -0.3 is 19.5 Å². The van der Waals surface area contributed by atoms with Crippen molar-refractivity contribution < 1.29 is 9.53 Å². The molecule has 0 radical (unpaired) electrons. The quantitative estimate of drug-likeness (QED) is 0.469. The van der Waals surface area contributed by atoms with Gasteiger partial charge in [0.05, 0.1) is 19.4 Å². The lowest BCUT2D eigenvalue weighted by Gasteiger charge is -2.26. The fourth-order valence-electron chi connectivity index (χ4n) is 4.79. The van der Waals surface area contributed by atoms with Crippen LogP contribution in [-0.2, 0) is 11.3 Å². The van der Waals surface area contributed by atoms with Crippen molar-refractivity contribution in [2.24, 2.45) is 0 Å². The summed E-state index contributed by atoms with van der Waals surface area (Å²) < 4.78 is 7.62. The van der Waals surface area contributed by atoms with Gasteiger partial charge in [-0.15, -0.1) is 10.2 Å². The highest BCUT2D eigenvalue weighted by Crippen LogP contribution is 2.33. The molecule has 8 heteroatoms. The summed E-state index contributed by atoms with van der Waals surface area (Å²) in [5.41, 5.74) is 2.17. The minimum atomic E-state index is 0.157. The number of hydrogen-bond donors (Lipinski definition) is 1. The molecule has 1 saturated carbocycles. The average Bonchev–Trinajstić information content (AvgIpc) is 3.53. The lowest BCUT2D eigenvalue weighted by Crippen LogP contribution is -2.31. The van der Waals surface area contributed by atoms with Gasteiger partial charge in [0.25, 0.3) is 0 Å². The van der Waals surface area contributed by atoms with Crippen molar-refractivity contribution in [3.05, 3.63) is 41.9 Å². The summed E-state index contributed by atoms with van der Waals surface area (Å²) in [7, 11) is 1.67. The lowest BCUT2D eigenvalue weighted by molar-refractivity contribution is -0.126. The molecule has 178 valence electrons. The maximum absolute atomic E-state index is 13.0. The number of amides is 1. The van der Waals surface area contributed by atoms with E-state index in [0.717, 1.165) is 61.1 Å². The third-order valence-corrected chi connectivity index (χ3v) is 7.43. The third kappa shape index (κ3) is 5.91. The van der Waals surface area contributed by atoms with E-state index in [4.69, 9.17) is 4.74 Å². The van der Waals surface area contributed by atoms with Crippen LogP contribution in [0.4, 0.5) is 5.69 Å². The maximum Gasteiger partial charge on any atom is 0.237 e. The first-order valence-corrected chi connectivity index (χ1v) is 13.1. The second-order valence-electron chi connectivity index (χ2n) is 8.66. The number of ether oxygens (including phenoxy) is 1. The van der Waals surface area contributed by atoms with Crippen LogP contribution >= 0.6 is 11.8 Å². The van der Waals surface area contributed by atoms with E-state index >= 15 is 0 Å². The summed E-state index contributed by atoms with van der Waals surface area (Å²) in [5, 5.41) is 13.4. The second kappa shape index (κ2) is 11.6. The normalized spacial score (nSPS) is 16.5.